The molecular weight excluding hydrogens is 358 g/mol. The molecule has 0 saturated carbocycles. The summed E-state index contributed by atoms with van der Waals surface area (Å²) in [5, 5.41) is 0.753. The lowest BCUT2D eigenvalue weighted by molar-refractivity contribution is 0.293. The normalized spacial score (nSPS) is 14.7. The Morgan fingerprint density at radius 3 is 2.44 bits per heavy atom. The number of hydrogen-bond donors (Lipinski definition) is 1. The van der Waals surface area contributed by atoms with Crippen molar-refractivity contribution in [3.05, 3.63) is 16.5 Å². The number of rotatable bonds is 5. The molecule has 1 heterocycles. The maximum atomic E-state index is 12.2. The Labute approximate surface area is 126 Å². The molecule has 1 atom stereocenters. The molecule has 0 fully saturated rings. The summed E-state index contributed by atoms with van der Waals surface area (Å²) in [6.45, 7) is 6.05. The van der Waals surface area contributed by atoms with Gasteiger partial charge in [0, 0.05) is 11.4 Å². The van der Waals surface area contributed by atoms with Crippen molar-refractivity contribution in [1.82, 2.24) is 4.72 Å². The molecule has 1 unspecified atom stereocenters. The first-order valence-electron chi connectivity index (χ1n) is 5.50. The monoisotopic (exact) mass is 373 g/mol. The maximum absolute atomic E-state index is 12.2. The average Bonchev–Trinajstić information content (AvgIpc) is 2.63. The number of halogens is 2. The second kappa shape index (κ2) is 6.22. The molecule has 0 aliphatic heterocycles. The fourth-order valence-electron chi connectivity index (χ4n) is 1.47. The van der Waals surface area contributed by atoms with E-state index in [1.807, 2.05) is 20.8 Å². The van der Waals surface area contributed by atoms with Gasteiger partial charge >= 0.3 is 0 Å². The Kier molecular flexibility index (Phi) is 5.68. The quantitative estimate of drug-likeness (QED) is 0.795. The van der Waals surface area contributed by atoms with E-state index in [9.17, 15) is 8.42 Å². The lowest BCUT2D eigenvalue weighted by Gasteiger charge is -2.30. The van der Waals surface area contributed by atoms with Gasteiger partial charge in [0.15, 0.2) is 0 Å². The van der Waals surface area contributed by atoms with Crippen LogP contribution in [0.15, 0.2) is 16.3 Å². The van der Waals surface area contributed by atoms with Crippen LogP contribution in [0.25, 0.3) is 0 Å². The molecule has 0 bridgehead atoms. The van der Waals surface area contributed by atoms with Crippen molar-refractivity contribution in [3.63, 3.8) is 0 Å². The van der Waals surface area contributed by atoms with E-state index >= 15 is 0 Å². The van der Waals surface area contributed by atoms with Gasteiger partial charge in [0.1, 0.15) is 4.21 Å². The van der Waals surface area contributed by atoms with Gasteiger partial charge in [-0.15, -0.1) is 11.3 Å². The fraction of sp³-hybridized carbons (Fsp3) is 0.636. The Morgan fingerprint density at radius 2 is 2.06 bits per heavy atom. The molecular formula is C11H17BrClNO2S2. The van der Waals surface area contributed by atoms with E-state index < -0.39 is 10.0 Å². The van der Waals surface area contributed by atoms with Crippen LogP contribution in [0.4, 0.5) is 0 Å². The van der Waals surface area contributed by atoms with Gasteiger partial charge in [0.05, 0.1) is 4.34 Å². The zero-order valence-electron chi connectivity index (χ0n) is 10.5. The summed E-state index contributed by atoms with van der Waals surface area (Å²) in [5.74, 6) is 0. The maximum Gasteiger partial charge on any atom is 0.250 e. The van der Waals surface area contributed by atoms with Gasteiger partial charge < -0.3 is 0 Å². The Balaban J connectivity index is 2.93. The predicted molar refractivity (Wildman–Crippen MR) is 81.3 cm³/mol. The summed E-state index contributed by atoms with van der Waals surface area (Å²) in [6.07, 6.45) is 0.738. The van der Waals surface area contributed by atoms with Crippen LogP contribution < -0.4 is 4.72 Å². The van der Waals surface area contributed by atoms with Crippen LogP contribution in [0.5, 0.6) is 0 Å². The molecule has 7 heteroatoms. The largest absolute Gasteiger partial charge is 0.250 e. The summed E-state index contributed by atoms with van der Waals surface area (Å²) in [7, 11) is -3.48. The summed E-state index contributed by atoms with van der Waals surface area (Å²) in [4.78, 5) is 0. The molecule has 3 nitrogen and oxygen atoms in total. The molecule has 18 heavy (non-hydrogen) atoms. The molecule has 0 aliphatic rings. The van der Waals surface area contributed by atoms with Gasteiger partial charge in [-0.2, -0.15) is 0 Å². The third-order valence-electron chi connectivity index (χ3n) is 2.55. The molecule has 0 spiro atoms. The highest BCUT2D eigenvalue weighted by Gasteiger charge is 2.29. The van der Waals surface area contributed by atoms with Gasteiger partial charge in [0.2, 0.25) is 10.0 Å². The first-order valence-corrected chi connectivity index (χ1v) is 9.30. The first kappa shape index (κ1) is 16.4. The van der Waals surface area contributed by atoms with Gasteiger partial charge in [-0.05, 0) is 24.0 Å². The smallest absolute Gasteiger partial charge is 0.207 e. The summed E-state index contributed by atoms with van der Waals surface area (Å²) in [6, 6.07) is 3.00. The topological polar surface area (TPSA) is 46.2 Å². The molecule has 0 radical (unpaired) electrons. The molecule has 1 N–H and O–H groups in total. The van der Waals surface area contributed by atoms with Crippen molar-refractivity contribution in [2.24, 2.45) is 5.41 Å². The van der Waals surface area contributed by atoms with E-state index in [2.05, 4.69) is 20.7 Å². The number of alkyl halides is 1. The molecule has 1 rings (SSSR count). The SMILES string of the molecule is CC(C)(C)C(CCBr)NS(=O)(=O)c1ccc(Cl)s1. The fourth-order valence-corrected chi connectivity index (χ4v) is 4.90. The number of hydrogen-bond acceptors (Lipinski definition) is 3. The molecule has 104 valence electrons. The Bertz CT molecular complexity index is 493. The van der Waals surface area contributed by atoms with Crippen LogP contribution in [-0.2, 0) is 10.0 Å². The van der Waals surface area contributed by atoms with Crippen LogP contribution in [0.2, 0.25) is 4.34 Å². The van der Waals surface area contributed by atoms with Crippen molar-refractivity contribution in [2.75, 3.05) is 5.33 Å². The lowest BCUT2D eigenvalue weighted by atomic mass is 9.86. The number of nitrogens with one attached hydrogen (secondary N) is 1. The van der Waals surface area contributed by atoms with E-state index in [-0.39, 0.29) is 15.7 Å². The predicted octanol–water partition coefficient (Wildman–Crippen LogP) is 3.88. The Hall–Kier alpha value is 0.380. The second-order valence-electron chi connectivity index (χ2n) is 5.08. The standard InChI is InChI=1S/C11H17BrClNO2S2/c1-11(2,3)8(6-7-12)14-18(15,16)10-5-4-9(13)17-10/h4-5,8,14H,6-7H2,1-3H3. The summed E-state index contributed by atoms with van der Waals surface area (Å²) < 4.78 is 27.9. The van der Waals surface area contributed by atoms with Gasteiger partial charge in [-0.25, -0.2) is 13.1 Å². The van der Waals surface area contributed by atoms with Crippen LogP contribution in [0.1, 0.15) is 27.2 Å². The van der Waals surface area contributed by atoms with Gasteiger partial charge in [-0.3, -0.25) is 0 Å². The van der Waals surface area contributed by atoms with Crippen molar-refractivity contribution >= 4 is 48.9 Å². The minimum atomic E-state index is -3.48. The molecule has 0 saturated heterocycles. The summed E-state index contributed by atoms with van der Waals surface area (Å²) >= 11 is 10.2. The lowest BCUT2D eigenvalue weighted by Crippen LogP contribution is -2.43. The van der Waals surface area contributed by atoms with Crippen molar-refractivity contribution < 1.29 is 8.42 Å². The van der Waals surface area contributed by atoms with E-state index in [0.29, 0.717) is 4.34 Å². The second-order valence-corrected chi connectivity index (χ2v) is 9.53. The highest BCUT2D eigenvalue weighted by Crippen LogP contribution is 2.28. The molecule has 0 amide bonds. The number of thiophene rings is 1. The van der Waals surface area contributed by atoms with Crippen LogP contribution >= 0.6 is 38.9 Å². The minimum absolute atomic E-state index is 0.122. The van der Waals surface area contributed by atoms with E-state index in [1.165, 1.54) is 6.07 Å². The minimum Gasteiger partial charge on any atom is -0.207 e. The van der Waals surface area contributed by atoms with Crippen LogP contribution in [-0.4, -0.2) is 19.8 Å². The number of sulfonamides is 1. The van der Waals surface area contributed by atoms with Gasteiger partial charge in [0.25, 0.3) is 0 Å². The Morgan fingerprint density at radius 1 is 1.44 bits per heavy atom. The third kappa shape index (κ3) is 4.49. The zero-order chi connectivity index (χ0) is 14.0. The zero-order valence-corrected chi connectivity index (χ0v) is 14.5. The molecule has 0 aliphatic carbocycles. The molecule has 0 aromatic carbocycles. The van der Waals surface area contributed by atoms with E-state index in [4.69, 9.17) is 11.6 Å². The van der Waals surface area contributed by atoms with Crippen molar-refractivity contribution in [1.29, 1.82) is 0 Å². The first-order chi connectivity index (χ1) is 8.16. The van der Waals surface area contributed by atoms with Crippen molar-refractivity contribution in [3.8, 4) is 0 Å². The molecule has 1 aromatic heterocycles. The summed E-state index contributed by atoms with van der Waals surface area (Å²) in [5.41, 5.74) is -0.137. The molecule has 1 aromatic rings. The van der Waals surface area contributed by atoms with Gasteiger partial charge in [-0.1, -0.05) is 48.3 Å². The van der Waals surface area contributed by atoms with Crippen molar-refractivity contribution in [2.45, 2.75) is 37.4 Å². The van der Waals surface area contributed by atoms with E-state index in [0.717, 1.165) is 23.1 Å². The highest BCUT2D eigenvalue weighted by atomic mass is 79.9. The highest BCUT2D eigenvalue weighted by molar-refractivity contribution is 9.09. The van der Waals surface area contributed by atoms with E-state index in [1.54, 1.807) is 6.07 Å². The average molecular weight is 375 g/mol. The van der Waals surface area contributed by atoms with Crippen LogP contribution in [0.3, 0.4) is 0 Å². The van der Waals surface area contributed by atoms with Crippen LogP contribution in [0, 0.1) is 5.41 Å². The third-order valence-corrected chi connectivity index (χ3v) is 6.21.